The molecular weight excluding hydrogens is 271 g/mol. The summed E-state index contributed by atoms with van der Waals surface area (Å²) in [6, 6.07) is 11.0. The summed E-state index contributed by atoms with van der Waals surface area (Å²) in [7, 11) is 0. The van der Waals surface area contributed by atoms with Crippen LogP contribution in [0.3, 0.4) is 0 Å². The lowest BCUT2D eigenvalue weighted by atomic mass is 9.95. The van der Waals surface area contributed by atoms with E-state index in [1.54, 1.807) is 24.3 Å². The first kappa shape index (κ1) is 14.7. The van der Waals surface area contributed by atoms with Crippen LogP contribution in [0.4, 0.5) is 4.39 Å². The van der Waals surface area contributed by atoms with Crippen molar-refractivity contribution >= 4 is 5.78 Å². The van der Waals surface area contributed by atoms with Gasteiger partial charge < -0.3 is 4.74 Å². The number of pyridine rings is 1. The molecule has 0 aliphatic heterocycles. The first-order valence-corrected chi connectivity index (χ1v) is 6.44. The van der Waals surface area contributed by atoms with Gasteiger partial charge in [-0.1, -0.05) is 0 Å². The van der Waals surface area contributed by atoms with E-state index < -0.39 is 11.7 Å². The number of nitrogens with zero attached hydrogens (tertiary/aromatic N) is 2. The van der Waals surface area contributed by atoms with Crippen LogP contribution in [0.1, 0.15) is 28.9 Å². The second-order valence-corrected chi connectivity index (χ2v) is 4.29. The Kier molecular flexibility index (Phi) is 4.62. The monoisotopic (exact) mass is 284 g/mol. The molecule has 21 heavy (non-hydrogen) atoms. The third-order valence-electron chi connectivity index (χ3n) is 2.89. The summed E-state index contributed by atoms with van der Waals surface area (Å²) < 4.78 is 18.1. The fourth-order valence-electron chi connectivity index (χ4n) is 1.87. The number of Topliss-reactive ketones (excluding diaryl/α,β-unsaturated/α-hetero) is 1. The number of carbonyl (C=O) groups excluding carboxylic acids is 1. The van der Waals surface area contributed by atoms with Gasteiger partial charge in [-0.05, 0) is 43.3 Å². The second-order valence-electron chi connectivity index (χ2n) is 4.29. The molecule has 0 N–H and O–H groups in total. The van der Waals surface area contributed by atoms with E-state index in [0.29, 0.717) is 17.9 Å². The molecule has 0 bridgehead atoms. The molecule has 2 rings (SSSR count). The van der Waals surface area contributed by atoms with Crippen LogP contribution in [0.15, 0.2) is 42.6 Å². The van der Waals surface area contributed by atoms with Crippen LogP contribution in [0.25, 0.3) is 0 Å². The highest BCUT2D eigenvalue weighted by molar-refractivity contribution is 6.02. The van der Waals surface area contributed by atoms with Crippen molar-refractivity contribution in [3.05, 3.63) is 59.7 Å². The molecule has 1 heterocycles. The lowest BCUT2D eigenvalue weighted by Crippen LogP contribution is -2.12. The molecule has 0 saturated carbocycles. The molecule has 0 fully saturated rings. The smallest absolute Gasteiger partial charge is 0.186 e. The summed E-state index contributed by atoms with van der Waals surface area (Å²) in [4.78, 5) is 16.1. The summed E-state index contributed by atoms with van der Waals surface area (Å²) in [5.41, 5.74) is 0.619. The third-order valence-corrected chi connectivity index (χ3v) is 2.89. The molecule has 1 atom stereocenters. The molecule has 106 valence electrons. The SMILES string of the molecule is CCOc1ccc(C(=O)C(C#N)c2ccc(F)cn2)cc1. The van der Waals surface area contributed by atoms with Crippen LogP contribution < -0.4 is 4.74 Å². The molecule has 2 aromatic rings. The fourth-order valence-corrected chi connectivity index (χ4v) is 1.87. The van der Waals surface area contributed by atoms with Crippen molar-refractivity contribution in [3.8, 4) is 11.8 Å². The number of nitriles is 1. The quantitative estimate of drug-likeness (QED) is 0.791. The zero-order chi connectivity index (χ0) is 15.2. The fraction of sp³-hybridized carbons (Fsp3) is 0.188. The molecule has 1 aromatic carbocycles. The number of hydrogen-bond donors (Lipinski definition) is 0. The minimum Gasteiger partial charge on any atom is -0.494 e. The third kappa shape index (κ3) is 3.42. The topological polar surface area (TPSA) is 63.0 Å². The number of ether oxygens (including phenoxy) is 1. The van der Waals surface area contributed by atoms with E-state index in [9.17, 15) is 14.4 Å². The van der Waals surface area contributed by atoms with Gasteiger partial charge in [0.1, 0.15) is 11.6 Å². The summed E-state index contributed by atoms with van der Waals surface area (Å²) in [6.07, 6.45) is 0.991. The minimum atomic E-state index is -1.05. The lowest BCUT2D eigenvalue weighted by Gasteiger charge is -2.08. The number of aromatic nitrogens is 1. The largest absolute Gasteiger partial charge is 0.494 e. The van der Waals surface area contributed by atoms with Gasteiger partial charge in [-0.15, -0.1) is 0 Å². The van der Waals surface area contributed by atoms with Crippen LogP contribution in [0.5, 0.6) is 5.75 Å². The molecule has 0 radical (unpaired) electrons. The Labute approximate surface area is 121 Å². The van der Waals surface area contributed by atoms with Crippen LogP contribution in [-0.2, 0) is 0 Å². The Balaban J connectivity index is 2.24. The molecule has 0 spiro atoms. The average molecular weight is 284 g/mol. The predicted octanol–water partition coefficient (Wildman–Crippen LogP) is 3.11. The zero-order valence-corrected chi connectivity index (χ0v) is 11.4. The van der Waals surface area contributed by atoms with E-state index in [1.165, 1.54) is 12.1 Å². The van der Waals surface area contributed by atoms with Crippen molar-refractivity contribution in [1.82, 2.24) is 4.98 Å². The number of hydrogen-bond acceptors (Lipinski definition) is 4. The van der Waals surface area contributed by atoms with Gasteiger partial charge in [0.2, 0.25) is 0 Å². The van der Waals surface area contributed by atoms with Crippen molar-refractivity contribution in [3.63, 3.8) is 0 Å². The van der Waals surface area contributed by atoms with E-state index in [2.05, 4.69) is 4.98 Å². The standard InChI is InChI=1S/C16H13FN2O2/c1-2-21-13-6-3-11(4-7-13)16(20)14(9-18)15-8-5-12(17)10-19-15/h3-8,10,14H,2H2,1H3. The zero-order valence-electron chi connectivity index (χ0n) is 11.4. The van der Waals surface area contributed by atoms with E-state index in [-0.39, 0.29) is 11.5 Å². The van der Waals surface area contributed by atoms with Crippen molar-refractivity contribution in [1.29, 1.82) is 5.26 Å². The van der Waals surface area contributed by atoms with Crippen molar-refractivity contribution in [2.45, 2.75) is 12.8 Å². The Hall–Kier alpha value is -2.74. The molecule has 4 nitrogen and oxygen atoms in total. The Morgan fingerprint density at radius 3 is 2.57 bits per heavy atom. The summed E-state index contributed by atoms with van der Waals surface area (Å²) in [5, 5.41) is 9.19. The van der Waals surface area contributed by atoms with Gasteiger partial charge in [0, 0.05) is 5.56 Å². The van der Waals surface area contributed by atoms with E-state index >= 15 is 0 Å². The highest BCUT2D eigenvalue weighted by atomic mass is 19.1. The van der Waals surface area contributed by atoms with Crippen LogP contribution >= 0.6 is 0 Å². The van der Waals surface area contributed by atoms with E-state index in [1.807, 2.05) is 13.0 Å². The number of ketones is 1. The number of benzene rings is 1. The minimum absolute atomic E-state index is 0.234. The van der Waals surface area contributed by atoms with Gasteiger partial charge in [0.05, 0.1) is 24.6 Å². The summed E-state index contributed by atoms with van der Waals surface area (Å²) in [6.45, 7) is 2.40. The van der Waals surface area contributed by atoms with Gasteiger partial charge >= 0.3 is 0 Å². The van der Waals surface area contributed by atoms with Gasteiger partial charge in [0.15, 0.2) is 11.7 Å². The lowest BCUT2D eigenvalue weighted by molar-refractivity contribution is 0.0977. The van der Waals surface area contributed by atoms with Gasteiger partial charge in [-0.3, -0.25) is 9.78 Å². The second kappa shape index (κ2) is 6.62. The van der Waals surface area contributed by atoms with Gasteiger partial charge in [-0.2, -0.15) is 5.26 Å². The van der Waals surface area contributed by atoms with Crippen molar-refractivity contribution in [2.24, 2.45) is 0 Å². The Morgan fingerprint density at radius 1 is 1.33 bits per heavy atom. The Bertz CT molecular complexity index is 660. The molecule has 0 aliphatic carbocycles. The number of carbonyl (C=O) groups is 1. The Morgan fingerprint density at radius 2 is 2.05 bits per heavy atom. The first-order valence-electron chi connectivity index (χ1n) is 6.44. The maximum Gasteiger partial charge on any atom is 0.186 e. The van der Waals surface area contributed by atoms with Crippen LogP contribution in [0.2, 0.25) is 0 Å². The van der Waals surface area contributed by atoms with E-state index in [0.717, 1.165) is 6.20 Å². The molecule has 5 heteroatoms. The van der Waals surface area contributed by atoms with E-state index in [4.69, 9.17) is 4.74 Å². The van der Waals surface area contributed by atoms with Gasteiger partial charge in [-0.25, -0.2) is 4.39 Å². The molecular formula is C16H13FN2O2. The van der Waals surface area contributed by atoms with Crippen LogP contribution in [-0.4, -0.2) is 17.4 Å². The normalized spacial score (nSPS) is 11.5. The maximum absolute atomic E-state index is 12.9. The average Bonchev–Trinajstić information content (AvgIpc) is 2.51. The molecule has 0 aliphatic rings. The summed E-state index contributed by atoms with van der Waals surface area (Å²) in [5.74, 6) is -1.28. The molecule has 1 unspecified atom stereocenters. The molecule has 0 amide bonds. The maximum atomic E-state index is 12.9. The van der Waals surface area contributed by atoms with Crippen LogP contribution in [0, 0.1) is 17.1 Å². The van der Waals surface area contributed by atoms with Crippen molar-refractivity contribution < 1.29 is 13.9 Å². The number of halogens is 1. The highest BCUT2D eigenvalue weighted by Gasteiger charge is 2.23. The first-order chi connectivity index (χ1) is 10.2. The molecule has 1 aromatic heterocycles. The highest BCUT2D eigenvalue weighted by Crippen LogP contribution is 2.21. The number of rotatable bonds is 5. The predicted molar refractivity (Wildman–Crippen MR) is 74.5 cm³/mol. The summed E-state index contributed by atoms with van der Waals surface area (Å²) >= 11 is 0. The van der Waals surface area contributed by atoms with Gasteiger partial charge in [0.25, 0.3) is 0 Å². The molecule has 0 saturated heterocycles. The van der Waals surface area contributed by atoms with Crippen molar-refractivity contribution in [2.75, 3.05) is 6.61 Å².